The standard InChI is InChI=1S/C11H16N2/c1-2-13-8-7-12-11-6-4-3-5-10(11)9-13/h3-6,12H,2,7-9H2,1H3. The minimum absolute atomic E-state index is 1.06. The van der Waals surface area contributed by atoms with Crippen molar-refractivity contribution < 1.29 is 0 Å². The van der Waals surface area contributed by atoms with E-state index in [1.54, 1.807) is 0 Å². The van der Waals surface area contributed by atoms with Crippen LogP contribution in [0.25, 0.3) is 0 Å². The Hall–Kier alpha value is -1.02. The third kappa shape index (κ3) is 1.83. The van der Waals surface area contributed by atoms with Crippen LogP contribution >= 0.6 is 0 Å². The molecule has 1 N–H and O–H groups in total. The fraction of sp³-hybridized carbons (Fsp3) is 0.455. The van der Waals surface area contributed by atoms with Gasteiger partial charge < -0.3 is 5.32 Å². The van der Waals surface area contributed by atoms with E-state index in [0.29, 0.717) is 0 Å². The smallest absolute Gasteiger partial charge is 0.0386 e. The molecule has 0 fully saturated rings. The van der Waals surface area contributed by atoms with Crippen LogP contribution < -0.4 is 5.32 Å². The first-order valence-electron chi connectivity index (χ1n) is 4.94. The molecule has 1 heterocycles. The Morgan fingerprint density at radius 1 is 1.38 bits per heavy atom. The van der Waals surface area contributed by atoms with Gasteiger partial charge in [-0.3, -0.25) is 4.90 Å². The summed E-state index contributed by atoms with van der Waals surface area (Å²) >= 11 is 0. The Kier molecular flexibility index (Phi) is 2.50. The molecule has 13 heavy (non-hydrogen) atoms. The van der Waals surface area contributed by atoms with Gasteiger partial charge in [-0.1, -0.05) is 25.1 Å². The van der Waals surface area contributed by atoms with Crippen LogP contribution in [0.15, 0.2) is 24.3 Å². The van der Waals surface area contributed by atoms with E-state index in [-0.39, 0.29) is 0 Å². The maximum absolute atomic E-state index is 3.45. The molecule has 1 aromatic rings. The van der Waals surface area contributed by atoms with Crippen LogP contribution in [0, 0.1) is 0 Å². The Morgan fingerprint density at radius 3 is 3.08 bits per heavy atom. The summed E-state index contributed by atoms with van der Waals surface area (Å²) in [4.78, 5) is 2.46. The van der Waals surface area contributed by atoms with Crippen molar-refractivity contribution in [1.29, 1.82) is 0 Å². The number of benzene rings is 1. The maximum Gasteiger partial charge on any atom is 0.0386 e. The number of anilines is 1. The third-order valence-electron chi connectivity index (χ3n) is 2.60. The molecule has 0 atom stereocenters. The second-order valence-electron chi connectivity index (χ2n) is 3.45. The molecule has 0 saturated carbocycles. The summed E-state index contributed by atoms with van der Waals surface area (Å²) in [6.07, 6.45) is 0. The van der Waals surface area contributed by atoms with Crippen LogP contribution in [0.5, 0.6) is 0 Å². The maximum atomic E-state index is 3.45. The first kappa shape index (κ1) is 8.57. The lowest BCUT2D eigenvalue weighted by Crippen LogP contribution is -2.25. The van der Waals surface area contributed by atoms with Gasteiger partial charge in [-0.05, 0) is 18.2 Å². The minimum atomic E-state index is 1.06. The summed E-state index contributed by atoms with van der Waals surface area (Å²) in [6.45, 7) is 6.64. The summed E-state index contributed by atoms with van der Waals surface area (Å²) in [5.41, 5.74) is 2.72. The number of para-hydroxylation sites is 1. The van der Waals surface area contributed by atoms with E-state index < -0.39 is 0 Å². The molecule has 0 amide bonds. The molecule has 2 heteroatoms. The average Bonchev–Trinajstić information content (AvgIpc) is 2.38. The summed E-state index contributed by atoms with van der Waals surface area (Å²) < 4.78 is 0. The molecule has 0 aromatic heterocycles. The molecule has 0 spiro atoms. The zero-order valence-corrected chi connectivity index (χ0v) is 8.09. The highest BCUT2D eigenvalue weighted by Crippen LogP contribution is 2.18. The molecule has 0 saturated heterocycles. The van der Waals surface area contributed by atoms with Crippen LogP contribution in [-0.4, -0.2) is 24.5 Å². The van der Waals surface area contributed by atoms with Crippen molar-refractivity contribution in [3.05, 3.63) is 29.8 Å². The van der Waals surface area contributed by atoms with Gasteiger partial charge in [0.2, 0.25) is 0 Å². The molecule has 0 radical (unpaired) electrons. The lowest BCUT2D eigenvalue weighted by atomic mass is 10.2. The number of nitrogens with zero attached hydrogens (tertiary/aromatic N) is 1. The lowest BCUT2D eigenvalue weighted by molar-refractivity contribution is 0.296. The first-order chi connectivity index (χ1) is 6.40. The van der Waals surface area contributed by atoms with E-state index in [9.17, 15) is 0 Å². The van der Waals surface area contributed by atoms with Crippen molar-refractivity contribution in [2.45, 2.75) is 13.5 Å². The molecule has 1 aliphatic rings. The third-order valence-corrected chi connectivity index (χ3v) is 2.60. The van der Waals surface area contributed by atoms with E-state index >= 15 is 0 Å². The second kappa shape index (κ2) is 3.79. The number of hydrogen-bond acceptors (Lipinski definition) is 2. The van der Waals surface area contributed by atoms with Crippen LogP contribution in [0.4, 0.5) is 5.69 Å². The molecular weight excluding hydrogens is 160 g/mol. The number of likely N-dealkylation sites (N-methyl/N-ethyl adjacent to an activating group) is 1. The Morgan fingerprint density at radius 2 is 2.23 bits per heavy atom. The number of hydrogen-bond donors (Lipinski definition) is 1. The van der Waals surface area contributed by atoms with E-state index in [1.165, 1.54) is 11.3 Å². The molecule has 0 bridgehead atoms. The van der Waals surface area contributed by atoms with Gasteiger partial charge in [0.15, 0.2) is 0 Å². The molecular formula is C11H16N2. The van der Waals surface area contributed by atoms with Crippen LogP contribution in [0.2, 0.25) is 0 Å². The molecule has 0 unspecified atom stereocenters. The topological polar surface area (TPSA) is 15.3 Å². The van der Waals surface area contributed by atoms with E-state index in [0.717, 1.165) is 26.2 Å². The van der Waals surface area contributed by atoms with Gasteiger partial charge in [0.25, 0.3) is 0 Å². The van der Waals surface area contributed by atoms with Crippen molar-refractivity contribution in [2.75, 3.05) is 25.0 Å². The van der Waals surface area contributed by atoms with Crippen molar-refractivity contribution in [2.24, 2.45) is 0 Å². The molecule has 1 aromatic carbocycles. The van der Waals surface area contributed by atoms with Gasteiger partial charge in [0.05, 0.1) is 0 Å². The average molecular weight is 176 g/mol. The number of fused-ring (bicyclic) bond motifs is 1. The fourth-order valence-electron chi connectivity index (χ4n) is 1.77. The van der Waals surface area contributed by atoms with E-state index in [4.69, 9.17) is 0 Å². The monoisotopic (exact) mass is 176 g/mol. The van der Waals surface area contributed by atoms with Gasteiger partial charge in [-0.2, -0.15) is 0 Å². The van der Waals surface area contributed by atoms with Crippen molar-refractivity contribution in [3.63, 3.8) is 0 Å². The van der Waals surface area contributed by atoms with Gasteiger partial charge in [0.1, 0.15) is 0 Å². The molecule has 0 aliphatic carbocycles. The predicted molar refractivity (Wildman–Crippen MR) is 55.9 cm³/mol. The Balaban J connectivity index is 2.23. The SMILES string of the molecule is CCN1CCNc2ccccc2C1. The highest BCUT2D eigenvalue weighted by molar-refractivity contribution is 5.51. The lowest BCUT2D eigenvalue weighted by Gasteiger charge is -2.16. The summed E-state index contributed by atoms with van der Waals surface area (Å²) in [5, 5.41) is 3.45. The highest BCUT2D eigenvalue weighted by Gasteiger charge is 2.10. The van der Waals surface area contributed by atoms with Crippen molar-refractivity contribution in [3.8, 4) is 0 Å². The van der Waals surface area contributed by atoms with Gasteiger partial charge in [0, 0.05) is 25.3 Å². The van der Waals surface area contributed by atoms with Gasteiger partial charge in [-0.15, -0.1) is 0 Å². The fourth-order valence-corrected chi connectivity index (χ4v) is 1.77. The van der Waals surface area contributed by atoms with E-state index in [1.807, 2.05) is 0 Å². The summed E-state index contributed by atoms with van der Waals surface area (Å²) in [6, 6.07) is 8.57. The number of rotatable bonds is 1. The zero-order chi connectivity index (χ0) is 9.10. The first-order valence-corrected chi connectivity index (χ1v) is 4.94. The van der Waals surface area contributed by atoms with Crippen LogP contribution in [0.3, 0.4) is 0 Å². The predicted octanol–water partition coefficient (Wildman–Crippen LogP) is 1.93. The largest absolute Gasteiger partial charge is 0.383 e. The molecule has 2 rings (SSSR count). The Labute approximate surface area is 79.6 Å². The number of nitrogens with one attached hydrogen (secondary N) is 1. The normalized spacial score (nSPS) is 17.3. The Bertz CT molecular complexity index is 283. The van der Waals surface area contributed by atoms with Crippen LogP contribution in [0.1, 0.15) is 12.5 Å². The highest BCUT2D eigenvalue weighted by atomic mass is 15.1. The molecule has 1 aliphatic heterocycles. The van der Waals surface area contributed by atoms with Crippen molar-refractivity contribution >= 4 is 5.69 Å². The second-order valence-corrected chi connectivity index (χ2v) is 3.45. The van der Waals surface area contributed by atoms with Gasteiger partial charge >= 0.3 is 0 Å². The minimum Gasteiger partial charge on any atom is -0.383 e. The van der Waals surface area contributed by atoms with Crippen LogP contribution in [-0.2, 0) is 6.54 Å². The zero-order valence-electron chi connectivity index (χ0n) is 8.09. The summed E-state index contributed by atoms with van der Waals surface area (Å²) in [5.74, 6) is 0. The van der Waals surface area contributed by atoms with Crippen molar-refractivity contribution in [1.82, 2.24) is 4.90 Å². The van der Waals surface area contributed by atoms with Gasteiger partial charge in [-0.25, -0.2) is 0 Å². The molecule has 2 nitrogen and oxygen atoms in total. The summed E-state index contributed by atoms with van der Waals surface area (Å²) in [7, 11) is 0. The quantitative estimate of drug-likeness (QED) is 0.703. The molecule has 70 valence electrons. The van der Waals surface area contributed by atoms with E-state index in [2.05, 4.69) is 41.4 Å².